The fourth-order valence-corrected chi connectivity index (χ4v) is 2.35. The molecule has 1 saturated heterocycles. The van der Waals surface area contributed by atoms with Crippen LogP contribution in [0.1, 0.15) is 29.6 Å². The van der Waals surface area contributed by atoms with Crippen LogP contribution in [0.3, 0.4) is 0 Å². The van der Waals surface area contributed by atoms with Gasteiger partial charge in [-0.25, -0.2) is 4.39 Å². The normalized spacial score (nSPS) is 15.3. The zero-order valence-electron chi connectivity index (χ0n) is 11.5. The molecule has 2 amide bonds. The minimum atomic E-state index is -0.445. The van der Waals surface area contributed by atoms with Gasteiger partial charge in [-0.05, 0) is 31.0 Å². The number of nitrogens with one attached hydrogen (secondary N) is 1. The SMILES string of the molecule is N#CCC(=O)N1CCC(NC(=O)c2cccc(F)c2)CC1. The van der Waals surface area contributed by atoms with Crippen LogP contribution in [0.5, 0.6) is 0 Å². The highest BCUT2D eigenvalue weighted by atomic mass is 19.1. The summed E-state index contributed by atoms with van der Waals surface area (Å²) in [6.45, 7) is 1.04. The van der Waals surface area contributed by atoms with Crippen molar-refractivity contribution in [2.24, 2.45) is 0 Å². The zero-order chi connectivity index (χ0) is 15.2. The number of carbonyl (C=O) groups is 2. The topological polar surface area (TPSA) is 73.2 Å². The number of halogens is 1. The lowest BCUT2D eigenvalue weighted by Crippen LogP contribution is -2.46. The van der Waals surface area contributed by atoms with Crippen molar-refractivity contribution in [3.8, 4) is 6.07 Å². The quantitative estimate of drug-likeness (QED) is 0.915. The lowest BCUT2D eigenvalue weighted by Gasteiger charge is -2.32. The maximum absolute atomic E-state index is 13.1. The summed E-state index contributed by atoms with van der Waals surface area (Å²) < 4.78 is 13.1. The molecule has 1 aromatic carbocycles. The highest BCUT2D eigenvalue weighted by Crippen LogP contribution is 2.12. The zero-order valence-corrected chi connectivity index (χ0v) is 11.5. The molecule has 1 N–H and O–H groups in total. The van der Waals surface area contributed by atoms with Gasteiger partial charge in [-0.1, -0.05) is 6.07 Å². The van der Waals surface area contributed by atoms with E-state index in [-0.39, 0.29) is 29.8 Å². The average Bonchev–Trinajstić information content (AvgIpc) is 2.48. The molecule has 1 aliphatic rings. The second-order valence-corrected chi connectivity index (χ2v) is 4.97. The van der Waals surface area contributed by atoms with Gasteiger partial charge >= 0.3 is 0 Å². The van der Waals surface area contributed by atoms with E-state index in [4.69, 9.17) is 5.26 Å². The number of nitrogens with zero attached hydrogens (tertiary/aromatic N) is 2. The van der Waals surface area contributed by atoms with Crippen molar-refractivity contribution >= 4 is 11.8 Å². The Labute approximate surface area is 122 Å². The van der Waals surface area contributed by atoms with E-state index < -0.39 is 5.82 Å². The Kier molecular flexibility index (Phi) is 4.88. The summed E-state index contributed by atoms with van der Waals surface area (Å²) in [7, 11) is 0. The molecule has 0 unspecified atom stereocenters. The Morgan fingerprint density at radius 2 is 2.10 bits per heavy atom. The predicted molar refractivity (Wildman–Crippen MR) is 73.7 cm³/mol. The van der Waals surface area contributed by atoms with E-state index in [1.54, 1.807) is 11.0 Å². The number of hydrogen-bond acceptors (Lipinski definition) is 3. The molecule has 0 aromatic heterocycles. The fourth-order valence-electron chi connectivity index (χ4n) is 2.35. The first-order chi connectivity index (χ1) is 10.1. The number of piperidine rings is 1. The molecule has 0 atom stereocenters. The molecular formula is C15H16FN3O2. The first-order valence-corrected chi connectivity index (χ1v) is 6.81. The third kappa shape index (κ3) is 4.02. The van der Waals surface area contributed by atoms with Crippen molar-refractivity contribution < 1.29 is 14.0 Å². The van der Waals surface area contributed by atoms with E-state index in [1.165, 1.54) is 18.2 Å². The van der Waals surface area contributed by atoms with Crippen molar-refractivity contribution in [1.82, 2.24) is 10.2 Å². The van der Waals surface area contributed by atoms with E-state index in [0.717, 1.165) is 0 Å². The third-order valence-electron chi connectivity index (χ3n) is 3.50. The molecule has 2 rings (SSSR count). The lowest BCUT2D eigenvalue weighted by atomic mass is 10.0. The highest BCUT2D eigenvalue weighted by Gasteiger charge is 2.23. The van der Waals surface area contributed by atoms with E-state index in [9.17, 15) is 14.0 Å². The smallest absolute Gasteiger partial charge is 0.251 e. The standard InChI is InChI=1S/C15H16FN3O2/c16-12-3-1-2-11(10-12)15(21)18-13-5-8-19(9-6-13)14(20)4-7-17/h1-3,10,13H,4-6,8-9H2,(H,18,21). The first-order valence-electron chi connectivity index (χ1n) is 6.81. The van der Waals surface area contributed by atoms with Gasteiger partial charge in [0.25, 0.3) is 5.91 Å². The average molecular weight is 289 g/mol. The molecule has 0 spiro atoms. The van der Waals surface area contributed by atoms with Crippen LogP contribution < -0.4 is 5.32 Å². The van der Waals surface area contributed by atoms with Crippen LogP contribution in [0.15, 0.2) is 24.3 Å². The van der Waals surface area contributed by atoms with Crippen molar-refractivity contribution in [1.29, 1.82) is 5.26 Å². The van der Waals surface area contributed by atoms with Gasteiger partial charge in [-0.2, -0.15) is 5.26 Å². The van der Waals surface area contributed by atoms with Gasteiger partial charge in [0.15, 0.2) is 0 Å². The minimum absolute atomic E-state index is 0.0353. The molecule has 1 aromatic rings. The largest absolute Gasteiger partial charge is 0.349 e. The summed E-state index contributed by atoms with van der Waals surface area (Å²) in [4.78, 5) is 25.2. The van der Waals surface area contributed by atoms with Gasteiger partial charge in [0, 0.05) is 24.7 Å². The maximum Gasteiger partial charge on any atom is 0.251 e. The monoisotopic (exact) mass is 289 g/mol. The Balaban J connectivity index is 1.85. The highest BCUT2D eigenvalue weighted by molar-refractivity contribution is 5.94. The molecular weight excluding hydrogens is 273 g/mol. The van der Waals surface area contributed by atoms with Gasteiger partial charge in [-0.3, -0.25) is 9.59 Å². The van der Waals surface area contributed by atoms with Crippen LogP contribution in [0.25, 0.3) is 0 Å². The summed E-state index contributed by atoms with van der Waals surface area (Å²) in [6.07, 6.45) is 1.16. The lowest BCUT2D eigenvalue weighted by molar-refractivity contribution is -0.131. The summed E-state index contributed by atoms with van der Waals surface area (Å²) >= 11 is 0. The van der Waals surface area contributed by atoms with Gasteiger partial charge < -0.3 is 10.2 Å². The molecule has 110 valence electrons. The second kappa shape index (κ2) is 6.84. The number of benzene rings is 1. The van der Waals surface area contributed by atoms with E-state index in [0.29, 0.717) is 25.9 Å². The van der Waals surface area contributed by atoms with Crippen LogP contribution in [0, 0.1) is 17.1 Å². The van der Waals surface area contributed by atoms with Gasteiger partial charge in [-0.15, -0.1) is 0 Å². The molecule has 1 heterocycles. The van der Waals surface area contributed by atoms with E-state index in [1.807, 2.05) is 6.07 Å². The van der Waals surface area contributed by atoms with Crippen LogP contribution in [-0.2, 0) is 4.79 Å². The number of carbonyl (C=O) groups excluding carboxylic acids is 2. The molecule has 21 heavy (non-hydrogen) atoms. The molecule has 5 nitrogen and oxygen atoms in total. The van der Waals surface area contributed by atoms with E-state index in [2.05, 4.69) is 5.32 Å². The number of amides is 2. The Hall–Kier alpha value is -2.42. The van der Waals surface area contributed by atoms with Crippen LogP contribution in [0.4, 0.5) is 4.39 Å². The molecule has 6 heteroatoms. The predicted octanol–water partition coefficient (Wildman–Crippen LogP) is 1.46. The van der Waals surface area contributed by atoms with Crippen molar-refractivity contribution in [3.63, 3.8) is 0 Å². The van der Waals surface area contributed by atoms with Crippen molar-refractivity contribution in [2.75, 3.05) is 13.1 Å². The first kappa shape index (κ1) is 15.0. The summed E-state index contributed by atoms with van der Waals surface area (Å²) in [5.41, 5.74) is 0.290. The molecule has 1 fully saturated rings. The second-order valence-electron chi connectivity index (χ2n) is 4.97. The Bertz CT molecular complexity index is 575. The van der Waals surface area contributed by atoms with Crippen LogP contribution in [-0.4, -0.2) is 35.8 Å². The molecule has 0 bridgehead atoms. The minimum Gasteiger partial charge on any atom is -0.349 e. The third-order valence-corrected chi connectivity index (χ3v) is 3.50. The number of rotatable bonds is 3. The summed E-state index contributed by atoms with van der Waals surface area (Å²) in [5, 5.41) is 11.3. The van der Waals surface area contributed by atoms with Crippen LogP contribution >= 0.6 is 0 Å². The maximum atomic E-state index is 13.1. The van der Waals surface area contributed by atoms with Gasteiger partial charge in [0.1, 0.15) is 12.2 Å². The molecule has 1 aliphatic heterocycles. The molecule has 0 aliphatic carbocycles. The summed E-state index contributed by atoms with van der Waals surface area (Å²) in [6, 6.07) is 7.34. The number of hydrogen-bond donors (Lipinski definition) is 1. The van der Waals surface area contributed by atoms with Gasteiger partial charge in [0.05, 0.1) is 6.07 Å². The summed E-state index contributed by atoms with van der Waals surface area (Å²) in [5.74, 6) is -0.928. The van der Waals surface area contributed by atoms with Crippen molar-refractivity contribution in [2.45, 2.75) is 25.3 Å². The van der Waals surface area contributed by atoms with Gasteiger partial charge in [0.2, 0.25) is 5.91 Å². The Morgan fingerprint density at radius 3 is 2.71 bits per heavy atom. The number of nitriles is 1. The number of likely N-dealkylation sites (tertiary alicyclic amines) is 1. The fraction of sp³-hybridized carbons (Fsp3) is 0.400. The molecule has 0 radical (unpaired) electrons. The molecule has 0 saturated carbocycles. The van der Waals surface area contributed by atoms with Crippen LogP contribution in [0.2, 0.25) is 0 Å². The Morgan fingerprint density at radius 1 is 1.38 bits per heavy atom. The van der Waals surface area contributed by atoms with Crippen molar-refractivity contribution in [3.05, 3.63) is 35.6 Å². The van der Waals surface area contributed by atoms with E-state index >= 15 is 0 Å².